The van der Waals surface area contributed by atoms with Crippen LogP contribution in [0.3, 0.4) is 0 Å². The number of benzene rings is 12. The van der Waals surface area contributed by atoms with Crippen LogP contribution >= 0.6 is 59.8 Å². The Morgan fingerprint density at radius 1 is 0.302 bits per heavy atom. The standard InChI is InChI=1S/C36H21IN2O.C36H22N2O.C4H9.I2.Li/c37-30-21-23(39-33-15-7-3-11-26(33)27-12-4-8-16-34(27)39)20-29-28-19-22(17-18-35(28)40-36(29)30)38-31-13-5-1-9-24(31)25-10-2-6-14-32(25)38;1-5-13-31-25(9-1)26-10-2-6-14-32(26)37(31)23-17-19-35-29(21-23)30-22-24(18-20-36(30)39-35)38-33-15-7-3-11-27(33)28-12-4-8-16-34(28)38;1-3-4-2;1-2;/h1-21H;1-22H;1,3-4H2,2H3;;/q;;-1;;+1. The van der Waals surface area contributed by atoms with Crippen molar-refractivity contribution < 1.29 is 27.7 Å². The molecule has 410 valence electrons. The van der Waals surface area contributed by atoms with E-state index in [0.29, 0.717) is 0 Å². The summed E-state index contributed by atoms with van der Waals surface area (Å²) in [5, 5.41) is 14.6. The van der Waals surface area contributed by atoms with Crippen LogP contribution < -0.4 is 18.9 Å². The average Bonchev–Trinajstić information content (AvgIpc) is 2.28. The van der Waals surface area contributed by atoms with E-state index in [9.17, 15) is 0 Å². The molecule has 12 aromatic carbocycles. The van der Waals surface area contributed by atoms with Gasteiger partial charge in [-0.1, -0.05) is 159 Å². The zero-order valence-electron chi connectivity index (χ0n) is 47.2. The Kier molecular flexibility index (Phi) is 15.3. The van der Waals surface area contributed by atoms with Gasteiger partial charge in [0, 0.05) is 125 Å². The van der Waals surface area contributed by atoms with Crippen molar-refractivity contribution in [3.63, 3.8) is 0 Å². The zero-order chi connectivity index (χ0) is 57.3. The number of halogens is 3. The van der Waals surface area contributed by atoms with Crippen molar-refractivity contribution in [2.75, 3.05) is 0 Å². The van der Waals surface area contributed by atoms with Crippen LogP contribution in [0.1, 0.15) is 19.8 Å². The van der Waals surface area contributed by atoms with Crippen LogP contribution in [0.15, 0.2) is 270 Å². The molecule has 0 N–H and O–H groups in total. The molecule has 6 nitrogen and oxygen atoms in total. The van der Waals surface area contributed by atoms with Gasteiger partial charge in [-0.15, -0.1) is 0 Å². The molecule has 0 amide bonds. The number of furan rings is 2. The molecular weight excluding hydrogens is 1390 g/mol. The molecule has 0 radical (unpaired) electrons. The van der Waals surface area contributed by atoms with Crippen molar-refractivity contribution in [1.29, 1.82) is 0 Å². The molecule has 0 aliphatic heterocycles. The van der Waals surface area contributed by atoms with Gasteiger partial charge >= 0.3 is 18.9 Å². The van der Waals surface area contributed by atoms with Gasteiger partial charge in [-0.05, 0) is 138 Å². The average molecular weight is 1440 g/mol. The Hall–Kier alpha value is -7.77. The quantitative estimate of drug-likeness (QED) is 0.0979. The van der Waals surface area contributed by atoms with Crippen molar-refractivity contribution in [3.05, 3.63) is 271 Å². The molecule has 10 heteroatoms. The van der Waals surface area contributed by atoms with Crippen LogP contribution in [0.25, 0.3) is 154 Å². The minimum atomic E-state index is 0. The van der Waals surface area contributed by atoms with Crippen molar-refractivity contribution in [3.8, 4) is 22.7 Å². The second kappa shape index (κ2) is 23.5. The largest absolute Gasteiger partial charge is 1.00 e. The Morgan fingerprint density at radius 3 is 0.814 bits per heavy atom. The number of hydrogen-bond acceptors (Lipinski definition) is 2. The first-order valence-corrected chi connectivity index (χ1v) is 35.9. The van der Waals surface area contributed by atoms with Crippen molar-refractivity contribution in [1.82, 2.24) is 18.3 Å². The first-order valence-electron chi connectivity index (χ1n) is 28.5. The molecule has 0 unspecified atom stereocenters. The van der Waals surface area contributed by atoms with E-state index in [2.05, 4.69) is 353 Å². The summed E-state index contributed by atoms with van der Waals surface area (Å²) < 4.78 is 23.3. The summed E-state index contributed by atoms with van der Waals surface area (Å²) in [5.74, 6) is 0. The van der Waals surface area contributed by atoms with Gasteiger partial charge in [-0.25, -0.2) is 0 Å². The Morgan fingerprint density at radius 2 is 0.535 bits per heavy atom. The first-order chi connectivity index (χ1) is 42.0. The minimum Gasteiger partial charge on any atom is -0.456 e. The van der Waals surface area contributed by atoms with Crippen molar-refractivity contribution in [2.24, 2.45) is 0 Å². The summed E-state index contributed by atoms with van der Waals surface area (Å²) in [5.41, 5.74) is 17.8. The van der Waals surface area contributed by atoms with Gasteiger partial charge in [-0.2, -0.15) is 6.42 Å². The maximum Gasteiger partial charge on any atom is 1.00 e. The van der Waals surface area contributed by atoms with Crippen LogP contribution in [0.4, 0.5) is 0 Å². The van der Waals surface area contributed by atoms with Gasteiger partial charge in [0.05, 0.1) is 47.7 Å². The maximum atomic E-state index is 6.45. The van der Waals surface area contributed by atoms with Crippen molar-refractivity contribution >= 4 is 191 Å². The van der Waals surface area contributed by atoms with Gasteiger partial charge < -0.3 is 34.0 Å². The number of para-hydroxylation sites is 8. The maximum absolute atomic E-state index is 6.45. The van der Waals surface area contributed by atoms with Gasteiger partial charge in [0.25, 0.3) is 0 Å². The number of nitrogens with zero attached hydrogens (tertiary/aromatic N) is 4. The second-order valence-electron chi connectivity index (χ2n) is 21.4. The SMILES string of the molecule is II.Ic1cc(-n2c3ccccc3c3ccccc32)cc2c1oc1ccc(-n3c4ccccc4c4ccccc43)cc12.[CH2-]CCC.[Li+].c1ccc2c(c1)c1ccccc1n2-c1ccc2oc3ccc(-n4c5ccccc5c5ccccc54)cc3c2c1. The van der Waals surface area contributed by atoms with E-state index < -0.39 is 0 Å². The monoisotopic (exact) mass is 1440 g/mol. The molecule has 0 saturated carbocycles. The van der Waals surface area contributed by atoms with Gasteiger partial charge in [-0.3, -0.25) is 0 Å². The fourth-order valence-electron chi connectivity index (χ4n) is 12.9. The molecule has 0 fully saturated rings. The number of unbranched alkanes of at least 4 members (excludes halogenated alkanes) is 1. The molecule has 0 bridgehead atoms. The van der Waals surface area contributed by atoms with E-state index in [0.717, 1.165) is 76.6 Å². The molecule has 6 aromatic heterocycles. The molecule has 0 atom stereocenters. The zero-order valence-corrected chi connectivity index (χ0v) is 53.7. The van der Waals surface area contributed by atoms with Crippen molar-refractivity contribution in [2.45, 2.75) is 19.8 Å². The van der Waals surface area contributed by atoms with E-state index in [1.165, 1.54) is 93.6 Å². The van der Waals surface area contributed by atoms with Gasteiger partial charge in [0.15, 0.2) is 0 Å². The molecule has 18 aromatic rings. The number of hydrogen-bond donors (Lipinski definition) is 0. The number of fused-ring (bicyclic) bond motifs is 18. The van der Waals surface area contributed by atoms with E-state index in [1.54, 1.807) is 0 Å². The summed E-state index contributed by atoms with van der Waals surface area (Å²) >= 11 is 6.66. The first kappa shape index (κ1) is 56.1. The predicted molar refractivity (Wildman–Crippen MR) is 386 cm³/mol. The normalized spacial score (nSPS) is 11.5. The van der Waals surface area contributed by atoms with E-state index in [1.807, 2.05) is 0 Å². The summed E-state index contributed by atoms with van der Waals surface area (Å²) in [4.78, 5) is 0. The van der Waals surface area contributed by atoms with Gasteiger partial charge in [0.1, 0.15) is 22.3 Å². The minimum absolute atomic E-state index is 0. The molecule has 0 saturated heterocycles. The fourth-order valence-corrected chi connectivity index (χ4v) is 13.6. The number of rotatable bonds is 5. The third-order valence-corrected chi connectivity index (χ3v) is 17.4. The molecule has 6 heterocycles. The van der Waals surface area contributed by atoms with Crippen LogP contribution in [-0.4, -0.2) is 18.3 Å². The Labute approximate surface area is 545 Å². The second-order valence-corrected chi connectivity index (χ2v) is 22.5. The predicted octanol–water partition coefficient (Wildman–Crippen LogP) is 20.6. The van der Waals surface area contributed by atoms with E-state index in [-0.39, 0.29) is 18.9 Å². The summed E-state index contributed by atoms with van der Waals surface area (Å²) in [6.07, 6.45) is 2.28. The van der Waals surface area contributed by atoms with Crippen LogP contribution in [0.2, 0.25) is 0 Å². The molecule has 18 rings (SSSR count). The summed E-state index contributed by atoms with van der Waals surface area (Å²) in [6, 6.07) is 93.3. The molecule has 0 aliphatic carbocycles. The summed E-state index contributed by atoms with van der Waals surface area (Å²) in [6.45, 7) is 5.72. The van der Waals surface area contributed by atoms with Gasteiger partial charge in [0.2, 0.25) is 0 Å². The third kappa shape index (κ3) is 9.23. The molecule has 86 heavy (non-hydrogen) atoms. The Balaban J connectivity index is 0.000000138. The topological polar surface area (TPSA) is 46.0 Å². The molecular formula is C76H52I3LiN4O2. The summed E-state index contributed by atoms with van der Waals surface area (Å²) in [7, 11) is 0. The molecule has 0 aliphatic rings. The third-order valence-electron chi connectivity index (χ3n) is 16.6. The fraction of sp³-hybridized carbons (Fsp3) is 0.0395. The molecule has 0 spiro atoms. The smallest absolute Gasteiger partial charge is 0.456 e. The van der Waals surface area contributed by atoms with Crippen LogP contribution in [-0.2, 0) is 0 Å². The van der Waals surface area contributed by atoms with Crippen LogP contribution in [0.5, 0.6) is 0 Å². The number of aromatic nitrogens is 4. The Bertz CT molecular complexity index is 5220. The van der Waals surface area contributed by atoms with E-state index >= 15 is 0 Å². The van der Waals surface area contributed by atoms with Crippen LogP contribution in [0, 0.1) is 10.5 Å². The van der Waals surface area contributed by atoms with E-state index in [4.69, 9.17) is 8.83 Å².